The molecule has 0 unspecified atom stereocenters. The van der Waals surface area contributed by atoms with E-state index in [1.807, 2.05) is 6.92 Å². The largest absolute Gasteiger partial charge is 0.465 e. The number of esters is 1. The van der Waals surface area contributed by atoms with Gasteiger partial charge in [-0.25, -0.2) is 9.78 Å². The van der Waals surface area contributed by atoms with Crippen molar-refractivity contribution in [3.8, 4) is 0 Å². The van der Waals surface area contributed by atoms with Gasteiger partial charge < -0.3 is 10.1 Å². The van der Waals surface area contributed by atoms with E-state index in [9.17, 15) is 9.59 Å². The Morgan fingerprint density at radius 2 is 2.00 bits per heavy atom. The maximum atomic E-state index is 12.1. The summed E-state index contributed by atoms with van der Waals surface area (Å²) in [4.78, 5) is 27.9. The number of hydrogen-bond donors (Lipinski definition) is 1. The molecule has 2 rings (SSSR count). The fraction of sp³-hybridized carbons (Fsp3) is 0.133. The molecule has 1 aromatic heterocycles. The quantitative estimate of drug-likeness (QED) is 0.865. The lowest BCUT2D eigenvalue weighted by atomic mass is 10.1. The number of ether oxygens (including phenoxy) is 1. The fourth-order valence-corrected chi connectivity index (χ4v) is 1.98. The van der Waals surface area contributed by atoms with Gasteiger partial charge in [-0.15, -0.1) is 0 Å². The number of pyridine rings is 1. The molecule has 0 bridgehead atoms. The first-order valence-electron chi connectivity index (χ1n) is 6.13. The SMILES string of the molecule is COC(=O)c1cc(C)ccc1NC(=O)c1ccc(Br)cn1. The van der Waals surface area contributed by atoms with E-state index in [2.05, 4.69) is 26.2 Å². The van der Waals surface area contributed by atoms with E-state index in [1.165, 1.54) is 13.3 Å². The van der Waals surface area contributed by atoms with Crippen LogP contribution in [-0.2, 0) is 4.74 Å². The van der Waals surface area contributed by atoms with Crippen LogP contribution in [0.2, 0.25) is 0 Å². The molecule has 1 heterocycles. The normalized spacial score (nSPS) is 10.0. The smallest absolute Gasteiger partial charge is 0.339 e. The Bertz CT molecular complexity index is 684. The molecule has 108 valence electrons. The van der Waals surface area contributed by atoms with E-state index in [4.69, 9.17) is 4.74 Å². The molecule has 1 aromatic carbocycles. The minimum Gasteiger partial charge on any atom is -0.465 e. The van der Waals surface area contributed by atoms with E-state index in [-0.39, 0.29) is 5.69 Å². The van der Waals surface area contributed by atoms with Crippen LogP contribution in [0.1, 0.15) is 26.4 Å². The maximum Gasteiger partial charge on any atom is 0.339 e. The Labute approximate surface area is 130 Å². The predicted molar refractivity (Wildman–Crippen MR) is 82.4 cm³/mol. The third kappa shape index (κ3) is 3.66. The van der Waals surface area contributed by atoms with Crippen molar-refractivity contribution in [2.45, 2.75) is 6.92 Å². The molecule has 0 atom stereocenters. The van der Waals surface area contributed by atoms with Gasteiger partial charge in [-0.1, -0.05) is 11.6 Å². The highest BCUT2D eigenvalue weighted by atomic mass is 79.9. The molecule has 5 nitrogen and oxygen atoms in total. The summed E-state index contributed by atoms with van der Waals surface area (Å²) in [5, 5.41) is 2.67. The number of amides is 1. The number of nitrogens with zero attached hydrogens (tertiary/aromatic N) is 1. The Morgan fingerprint density at radius 3 is 2.62 bits per heavy atom. The summed E-state index contributed by atoms with van der Waals surface area (Å²) in [5.74, 6) is -0.894. The van der Waals surface area contributed by atoms with Gasteiger partial charge in [0.2, 0.25) is 0 Å². The highest BCUT2D eigenvalue weighted by Gasteiger charge is 2.15. The molecule has 0 aliphatic carbocycles. The molecule has 0 aliphatic rings. The van der Waals surface area contributed by atoms with Gasteiger partial charge in [0.05, 0.1) is 18.4 Å². The summed E-state index contributed by atoms with van der Waals surface area (Å²) >= 11 is 3.25. The molecule has 0 fully saturated rings. The number of carbonyl (C=O) groups is 2. The lowest BCUT2D eigenvalue weighted by molar-refractivity contribution is 0.0602. The third-order valence-corrected chi connectivity index (χ3v) is 3.26. The number of benzene rings is 1. The van der Waals surface area contributed by atoms with Crippen LogP contribution in [0.4, 0.5) is 5.69 Å². The van der Waals surface area contributed by atoms with E-state index in [0.29, 0.717) is 11.3 Å². The van der Waals surface area contributed by atoms with Crippen LogP contribution in [0, 0.1) is 6.92 Å². The highest BCUT2D eigenvalue weighted by molar-refractivity contribution is 9.10. The molecular formula is C15H13BrN2O3. The van der Waals surface area contributed by atoms with Gasteiger partial charge in [0.25, 0.3) is 5.91 Å². The number of nitrogens with one attached hydrogen (secondary N) is 1. The Hall–Kier alpha value is -2.21. The van der Waals surface area contributed by atoms with Crippen LogP contribution in [0.25, 0.3) is 0 Å². The maximum absolute atomic E-state index is 12.1. The molecular weight excluding hydrogens is 336 g/mol. The van der Waals surface area contributed by atoms with E-state index < -0.39 is 11.9 Å². The van der Waals surface area contributed by atoms with Crippen LogP contribution < -0.4 is 5.32 Å². The van der Waals surface area contributed by atoms with Gasteiger partial charge in [-0.3, -0.25) is 4.79 Å². The van der Waals surface area contributed by atoms with Crippen LogP contribution in [-0.4, -0.2) is 24.0 Å². The molecule has 1 N–H and O–H groups in total. The van der Waals surface area contributed by atoms with E-state index in [0.717, 1.165) is 10.0 Å². The molecule has 0 radical (unpaired) electrons. The molecule has 0 saturated heterocycles. The minimum atomic E-state index is -0.502. The van der Waals surface area contributed by atoms with Gasteiger partial charge >= 0.3 is 5.97 Å². The summed E-state index contributed by atoms with van der Waals surface area (Å²) in [5.41, 5.74) is 1.86. The number of aromatic nitrogens is 1. The number of rotatable bonds is 3. The number of hydrogen-bond acceptors (Lipinski definition) is 4. The molecule has 0 saturated carbocycles. The van der Waals surface area contributed by atoms with E-state index in [1.54, 1.807) is 30.3 Å². The average Bonchev–Trinajstić information content (AvgIpc) is 2.48. The van der Waals surface area contributed by atoms with Crippen molar-refractivity contribution >= 4 is 33.5 Å². The van der Waals surface area contributed by atoms with Crippen molar-refractivity contribution in [2.75, 3.05) is 12.4 Å². The number of halogens is 1. The van der Waals surface area contributed by atoms with Crippen molar-refractivity contribution in [1.82, 2.24) is 4.98 Å². The number of aryl methyl sites for hydroxylation is 1. The standard InChI is InChI=1S/C15H13BrN2O3/c1-9-3-5-12(11(7-9)15(20)21-2)18-14(19)13-6-4-10(16)8-17-13/h3-8H,1-2H3,(H,18,19). The van der Waals surface area contributed by atoms with Crippen LogP contribution in [0.15, 0.2) is 41.0 Å². The van der Waals surface area contributed by atoms with Gasteiger partial charge in [0, 0.05) is 10.7 Å². The summed E-state index contributed by atoms with van der Waals surface area (Å²) in [7, 11) is 1.30. The first-order chi connectivity index (χ1) is 10.0. The van der Waals surface area contributed by atoms with Crippen LogP contribution >= 0.6 is 15.9 Å². The zero-order valence-corrected chi connectivity index (χ0v) is 13.1. The summed E-state index contributed by atoms with van der Waals surface area (Å²) in [6.45, 7) is 1.86. The predicted octanol–water partition coefficient (Wildman–Crippen LogP) is 3.19. The summed E-state index contributed by atoms with van der Waals surface area (Å²) in [6.07, 6.45) is 1.53. The van der Waals surface area contributed by atoms with Crippen molar-refractivity contribution in [3.05, 3.63) is 57.8 Å². The minimum absolute atomic E-state index is 0.259. The van der Waals surface area contributed by atoms with Gasteiger partial charge in [-0.2, -0.15) is 0 Å². The van der Waals surface area contributed by atoms with E-state index >= 15 is 0 Å². The molecule has 6 heteroatoms. The monoisotopic (exact) mass is 348 g/mol. The zero-order valence-electron chi connectivity index (χ0n) is 11.5. The van der Waals surface area contributed by atoms with Crippen molar-refractivity contribution in [3.63, 3.8) is 0 Å². The van der Waals surface area contributed by atoms with Crippen LogP contribution in [0.3, 0.4) is 0 Å². The third-order valence-electron chi connectivity index (χ3n) is 2.79. The first kappa shape index (κ1) is 15.2. The van der Waals surface area contributed by atoms with Crippen molar-refractivity contribution in [1.29, 1.82) is 0 Å². The molecule has 21 heavy (non-hydrogen) atoms. The second-order valence-corrected chi connectivity index (χ2v) is 5.27. The Balaban J connectivity index is 2.28. The fourth-order valence-electron chi connectivity index (χ4n) is 1.74. The molecule has 0 aliphatic heterocycles. The van der Waals surface area contributed by atoms with Crippen molar-refractivity contribution < 1.29 is 14.3 Å². The van der Waals surface area contributed by atoms with Crippen molar-refractivity contribution in [2.24, 2.45) is 0 Å². The Kier molecular flexibility index (Phi) is 4.70. The lowest BCUT2D eigenvalue weighted by Gasteiger charge is -2.10. The van der Waals surface area contributed by atoms with Gasteiger partial charge in [-0.05, 0) is 47.1 Å². The molecule has 1 amide bonds. The summed E-state index contributed by atoms with van der Waals surface area (Å²) in [6, 6.07) is 8.44. The molecule has 2 aromatic rings. The lowest BCUT2D eigenvalue weighted by Crippen LogP contribution is -2.16. The first-order valence-corrected chi connectivity index (χ1v) is 6.92. The number of anilines is 1. The zero-order chi connectivity index (χ0) is 15.4. The van der Waals surface area contributed by atoms with Gasteiger partial charge in [0.15, 0.2) is 0 Å². The number of methoxy groups -OCH3 is 1. The average molecular weight is 349 g/mol. The number of carbonyl (C=O) groups excluding carboxylic acids is 2. The second-order valence-electron chi connectivity index (χ2n) is 4.36. The van der Waals surface area contributed by atoms with Gasteiger partial charge in [0.1, 0.15) is 5.69 Å². The molecule has 0 spiro atoms. The Morgan fingerprint density at radius 1 is 1.24 bits per heavy atom. The summed E-state index contributed by atoms with van der Waals surface area (Å²) < 4.78 is 5.50. The van der Waals surface area contributed by atoms with Crippen LogP contribution in [0.5, 0.6) is 0 Å². The topological polar surface area (TPSA) is 68.3 Å². The second kappa shape index (κ2) is 6.49. The highest BCUT2D eigenvalue weighted by Crippen LogP contribution is 2.19.